The van der Waals surface area contributed by atoms with Gasteiger partial charge in [0.2, 0.25) is 23.6 Å². The van der Waals surface area contributed by atoms with Crippen LogP contribution in [0.3, 0.4) is 0 Å². The third-order valence-corrected chi connectivity index (χ3v) is 11.3. The van der Waals surface area contributed by atoms with Crippen molar-refractivity contribution in [2.45, 2.75) is 161 Å². The highest BCUT2D eigenvalue weighted by Gasteiger charge is 2.42. The predicted molar refractivity (Wildman–Crippen MR) is 239 cm³/mol. The van der Waals surface area contributed by atoms with E-state index in [0.717, 1.165) is 24.0 Å². The smallest absolute Gasteiger partial charge is 0.408 e. The molecule has 14 heteroatoms. The number of piperidine rings is 1. The summed E-state index contributed by atoms with van der Waals surface area (Å²) in [5.74, 6) is -1.86. The molecule has 62 heavy (non-hydrogen) atoms. The van der Waals surface area contributed by atoms with Gasteiger partial charge in [0.15, 0.2) is 0 Å². The number of unbranched alkanes of at least 4 members (excludes halogenated alkanes) is 1. The summed E-state index contributed by atoms with van der Waals surface area (Å²) in [7, 11) is 0. The third-order valence-electron chi connectivity index (χ3n) is 11.3. The maximum Gasteiger partial charge on any atom is 0.408 e. The number of carbonyl (C=O) groups excluding carboxylic acids is 6. The zero-order chi connectivity index (χ0) is 45.5. The van der Waals surface area contributed by atoms with Gasteiger partial charge in [-0.15, -0.1) is 0 Å². The van der Waals surface area contributed by atoms with Crippen LogP contribution >= 0.6 is 0 Å². The molecule has 1 saturated heterocycles. The molecule has 342 valence electrons. The van der Waals surface area contributed by atoms with Crippen molar-refractivity contribution in [1.29, 1.82) is 0 Å². The fourth-order valence-corrected chi connectivity index (χ4v) is 7.92. The molecule has 1 spiro atoms. The van der Waals surface area contributed by atoms with E-state index in [0.29, 0.717) is 44.3 Å². The fourth-order valence-electron chi connectivity index (χ4n) is 7.92. The van der Waals surface area contributed by atoms with Gasteiger partial charge in [-0.25, -0.2) is 9.59 Å². The first kappa shape index (κ1) is 49.5. The first-order valence-electron chi connectivity index (χ1n) is 22.4. The van der Waals surface area contributed by atoms with Gasteiger partial charge in [-0.05, 0) is 115 Å². The minimum Gasteiger partial charge on any atom is -0.444 e. The van der Waals surface area contributed by atoms with E-state index in [4.69, 9.17) is 9.47 Å². The molecule has 5 N–H and O–H groups in total. The molecule has 1 saturated carbocycles. The van der Waals surface area contributed by atoms with E-state index in [1.807, 2.05) is 79.4 Å². The van der Waals surface area contributed by atoms with Crippen LogP contribution in [0.15, 0.2) is 60.7 Å². The third kappa shape index (κ3) is 17.0. The van der Waals surface area contributed by atoms with Crippen LogP contribution in [-0.4, -0.2) is 95.7 Å². The van der Waals surface area contributed by atoms with E-state index >= 15 is 0 Å². The lowest BCUT2D eigenvalue weighted by Crippen LogP contribution is -2.59. The van der Waals surface area contributed by atoms with Crippen molar-refractivity contribution < 1.29 is 38.2 Å². The number of ether oxygens (including phenoxy) is 2. The second-order valence-corrected chi connectivity index (χ2v) is 19.5. The van der Waals surface area contributed by atoms with Gasteiger partial charge in [-0.3, -0.25) is 19.2 Å². The molecule has 1 aliphatic heterocycles. The number of hydrogen-bond donors (Lipinski definition) is 5. The van der Waals surface area contributed by atoms with Crippen LogP contribution in [-0.2, 0) is 41.5 Å². The predicted octanol–water partition coefficient (Wildman–Crippen LogP) is 6.35. The van der Waals surface area contributed by atoms with Gasteiger partial charge in [0, 0.05) is 32.5 Å². The largest absolute Gasteiger partial charge is 0.444 e. The van der Waals surface area contributed by atoms with Crippen LogP contribution in [0.1, 0.15) is 124 Å². The number of alkyl carbamates (subject to hydrolysis) is 2. The molecule has 1 aliphatic carbocycles. The highest BCUT2D eigenvalue weighted by atomic mass is 16.6. The second-order valence-electron chi connectivity index (χ2n) is 19.5. The number of rotatable bonds is 19. The maximum atomic E-state index is 14.4. The van der Waals surface area contributed by atoms with E-state index in [-0.39, 0.29) is 31.1 Å². The lowest BCUT2D eigenvalue weighted by Gasteiger charge is -2.48. The number of nitrogens with zero attached hydrogens (tertiary/aromatic N) is 1. The first-order valence-corrected chi connectivity index (χ1v) is 22.4. The Morgan fingerprint density at radius 1 is 0.613 bits per heavy atom. The minimum absolute atomic E-state index is 0.0182. The monoisotopic (exact) mass is 861 g/mol. The molecule has 2 aromatic carbocycles. The lowest BCUT2D eigenvalue weighted by molar-refractivity contribution is -0.140. The summed E-state index contributed by atoms with van der Waals surface area (Å²) in [4.78, 5) is 84.0. The van der Waals surface area contributed by atoms with Gasteiger partial charge in [-0.1, -0.05) is 80.9 Å². The molecule has 2 fully saturated rings. The molecule has 14 nitrogen and oxygen atoms in total. The van der Waals surface area contributed by atoms with Crippen LogP contribution in [0.4, 0.5) is 9.59 Å². The van der Waals surface area contributed by atoms with Gasteiger partial charge >= 0.3 is 12.2 Å². The van der Waals surface area contributed by atoms with E-state index in [9.17, 15) is 28.8 Å². The highest BCUT2D eigenvalue weighted by Crippen LogP contribution is 2.48. The normalized spacial score (nSPS) is 16.8. The van der Waals surface area contributed by atoms with E-state index in [1.165, 1.54) is 19.3 Å². The van der Waals surface area contributed by atoms with Gasteiger partial charge in [-0.2, -0.15) is 0 Å². The lowest BCUT2D eigenvalue weighted by atomic mass is 9.63. The molecular formula is C48H72N6O8. The van der Waals surface area contributed by atoms with E-state index in [2.05, 4.69) is 26.6 Å². The molecule has 4 rings (SSSR count). The minimum atomic E-state index is -1.13. The summed E-state index contributed by atoms with van der Waals surface area (Å²) in [5, 5.41) is 14.3. The van der Waals surface area contributed by atoms with Crippen LogP contribution in [0, 0.1) is 11.3 Å². The summed E-state index contributed by atoms with van der Waals surface area (Å²) in [6.45, 7) is 16.1. The van der Waals surface area contributed by atoms with Crippen molar-refractivity contribution in [3.8, 4) is 0 Å². The second kappa shape index (κ2) is 22.8. The number of amides is 6. The summed E-state index contributed by atoms with van der Waals surface area (Å²) in [6.07, 6.45) is 6.14. The zero-order valence-corrected chi connectivity index (χ0v) is 38.3. The van der Waals surface area contributed by atoms with Gasteiger partial charge in [0.25, 0.3) is 0 Å². The van der Waals surface area contributed by atoms with Crippen molar-refractivity contribution in [2.24, 2.45) is 11.3 Å². The quantitative estimate of drug-likeness (QED) is 0.101. The average Bonchev–Trinajstić information content (AvgIpc) is 3.17. The van der Waals surface area contributed by atoms with Crippen molar-refractivity contribution >= 4 is 35.8 Å². The average molecular weight is 861 g/mol. The molecular weight excluding hydrogens is 789 g/mol. The number of benzene rings is 2. The molecule has 0 aromatic heterocycles. The Labute approximate surface area is 368 Å². The van der Waals surface area contributed by atoms with Crippen LogP contribution in [0.2, 0.25) is 0 Å². The Bertz CT molecular complexity index is 1780. The Morgan fingerprint density at radius 3 is 1.56 bits per heavy atom. The number of likely N-dealkylation sites (tertiary alicyclic amines) is 1. The number of hydrogen-bond acceptors (Lipinski definition) is 8. The molecule has 1 heterocycles. The van der Waals surface area contributed by atoms with E-state index < -0.39 is 65.3 Å². The van der Waals surface area contributed by atoms with Crippen LogP contribution in [0.25, 0.3) is 0 Å². The molecule has 4 atom stereocenters. The Hall–Kier alpha value is -5.14. The highest BCUT2D eigenvalue weighted by molar-refractivity contribution is 5.95. The van der Waals surface area contributed by atoms with Crippen LogP contribution in [0.5, 0.6) is 0 Å². The number of nitrogens with one attached hydrogen (secondary N) is 5. The van der Waals surface area contributed by atoms with E-state index in [1.54, 1.807) is 41.5 Å². The fraction of sp³-hybridized carbons (Fsp3) is 0.625. The standard InChI is InChI=1S/C48H72N6O8/c1-33(2)30-37(40(55)50-36(22-15-16-27-49-44(59)61-46(3,4)5)43(58)54-28-25-48(26-29-54)23-17-24-48)51-41(56)38(31-34-18-11-9-12-19-34)52-42(57)39(32-35-20-13-10-14-21-35)53-45(60)62-47(6,7)8/h9-14,18-21,33,36-39H,15-17,22-32H2,1-8H3,(H,49,59)(H,50,55)(H,51,56)(H,52,57)(H,53,60)/t36-,37-,38-,39-/m1/s1. The SMILES string of the molecule is CC(C)C[C@@H](NC(=O)[C@@H](Cc1ccccc1)NC(=O)[C@@H](Cc1ccccc1)NC(=O)OC(C)(C)C)C(=O)N[C@H](CCCCNC(=O)OC(C)(C)C)C(=O)N1CCC2(CCC2)CC1. The summed E-state index contributed by atoms with van der Waals surface area (Å²) in [6, 6.07) is 14.3. The van der Waals surface area contributed by atoms with Crippen molar-refractivity contribution in [3.63, 3.8) is 0 Å². The Morgan fingerprint density at radius 2 is 1.08 bits per heavy atom. The van der Waals surface area contributed by atoms with Crippen molar-refractivity contribution in [1.82, 2.24) is 31.5 Å². The Kier molecular flexibility index (Phi) is 18.2. The molecule has 0 radical (unpaired) electrons. The molecule has 2 aromatic rings. The topological polar surface area (TPSA) is 184 Å². The van der Waals surface area contributed by atoms with Crippen molar-refractivity contribution in [3.05, 3.63) is 71.8 Å². The van der Waals surface area contributed by atoms with Gasteiger partial charge < -0.3 is 41.0 Å². The molecule has 6 amide bonds. The maximum absolute atomic E-state index is 14.4. The number of carbonyl (C=O) groups is 6. The summed E-state index contributed by atoms with van der Waals surface area (Å²) in [5.41, 5.74) is 0.451. The van der Waals surface area contributed by atoms with Gasteiger partial charge in [0.05, 0.1) is 0 Å². The Balaban J connectivity index is 1.52. The zero-order valence-electron chi connectivity index (χ0n) is 38.3. The van der Waals surface area contributed by atoms with Crippen molar-refractivity contribution in [2.75, 3.05) is 19.6 Å². The summed E-state index contributed by atoms with van der Waals surface area (Å²) >= 11 is 0. The molecule has 0 unspecified atom stereocenters. The molecule has 2 aliphatic rings. The van der Waals surface area contributed by atoms with Gasteiger partial charge in [0.1, 0.15) is 35.4 Å². The molecule has 0 bridgehead atoms. The first-order chi connectivity index (χ1) is 29.2. The summed E-state index contributed by atoms with van der Waals surface area (Å²) < 4.78 is 10.8. The van der Waals surface area contributed by atoms with Crippen LogP contribution < -0.4 is 26.6 Å².